The van der Waals surface area contributed by atoms with Crippen LogP contribution < -0.4 is 10.2 Å². The average molecular weight is 269 g/mol. The van der Waals surface area contributed by atoms with Gasteiger partial charge in [-0.05, 0) is 31.2 Å². The number of halogens is 1. The molecule has 0 saturated carbocycles. The van der Waals surface area contributed by atoms with E-state index in [4.69, 9.17) is 0 Å². The molecule has 1 aliphatic rings. The topological polar surface area (TPSA) is 32.3 Å². The lowest BCUT2D eigenvalue weighted by Crippen LogP contribution is -2.34. The fourth-order valence-electron chi connectivity index (χ4n) is 1.69. The maximum atomic E-state index is 11.8. The van der Waals surface area contributed by atoms with Gasteiger partial charge in [-0.25, -0.2) is 0 Å². The summed E-state index contributed by atoms with van der Waals surface area (Å²) in [5.74, 6) is 0.144. The average Bonchev–Trinajstić information content (AvgIpc) is 2.43. The lowest BCUT2D eigenvalue weighted by molar-refractivity contribution is -0.117. The third-order valence-corrected chi connectivity index (χ3v) is 2.93. The highest BCUT2D eigenvalue weighted by Gasteiger charge is 2.17. The zero-order chi connectivity index (χ0) is 10.7. The zero-order valence-corrected chi connectivity index (χ0v) is 9.96. The van der Waals surface area contributed by atoms with Crippen LogP contribution >= 0.6 is 15.9 Å². The van der Waals surface area contributed by atoms with E-state index in [1.165, 1.54) is 0 Å². The van der Waals surface area contributed by atoms with Gasteiger partial charge in [-0.2, -0.15) is 0 Å². The lowest BCUT2D eigenvalue weighted by atomic mass is 10.2. The molecule has 80 valence electrons. The van der Waals surface area contributed by atoms with Crippen molar-refractivity contribution in [3.63, 3.8) is 0 Å². The minimum atomic E-state index is 0.144. The summed E-state index contributed by atoms with van der Waals surface area (Å²) in [7, 11) is 0. The van der Waals surface area contributed by atoms with Gasteiger partial charge in [-0.3, -0.25) is 4.79 Å². The molecule has 1 amide bonds. The Morgan fingerprint density at radius 2 is 2.27 bits per heavy atom. The molecule has 0 atom stereocenters. The standard InChI is InChI=1S/C11H13BrN2O/c12-9-3-1-4-10(7-9)14-6-2-5-13-8-11(14)15/h1,3-4,7,13H,2,5-6,8H2. The Labute approximate surface area is 97.6 Å². The minimum absolute atomic E-state index is 0.144. The van der Waals surface area contributed by atoms with E-state index in [1.54, 1.807) is 0 Å². The highest BCUT2D eigenvalue weighted by atomic mass is 79.9. The molecule has 0 spiro atoms. The molecule has 3 nitrogen and oxygen atoms in total. The van der Waals surface area contributed by atoms with Crippen LogP contribution in [0.3, 0.4) is 0 Å². The molecule has 15 heavy (non-hydrogen) atoms. The molecule has 0 aliphatic carbocycles. The summed E-state index contributed by atoms with van der Waals surface area (Å²) in [5.41, 5.74) is 0.970. The molecule has 4 heteroatoms. The Balaban J connectivity index is 2.24. The van der Waals surface area contributed by atoms with Gasteiger partial charge in [0.15, 0.2) is 0 Å². The lowest BCUT2D eigenvalue weighted by Gasteiger charge is -2.20. The Morgan fingerprint density at radius 3 is 3.07 bits per heavy atom. The number of hydrogen-bond acceptors (Lipinski definition) is 2. The molecule has 1 saturated heterocycles. The van der Waals surface area contributed by atoms with Gasteiger partial charge in [-0.1, -0.05) is 22.0 Å². The molecule has 1 heterocycles. The van der Waals surface area contributed by atoms with Crippen LogP contribution in [0.1, 0.15) is 6.42 Å². The van der Waals surface area contributed by atoms with Crippen LogP contribution in [-0.2, 0) is 4.79 Å². The van der Waals surface area contributed by atoms with Gasteiger partial charge in [0, 0.05) is 16.7 Å². The molecule has 0 bridgehead atoms. The summed E-state index contributed by atoms with van der Waals surface area (Å²) in [4.78, 5) is 13.6. The van der Waals surface area contributed by atoms with Crippen molar-refractivity contribution in [2.24, 2.45) is 0 Å². The van der Waals surface area contributed by atoms with Gasteiger partial charge in [0.2, 0.25) is 5.91 Å². The number of nitrogens with zero attached hydrogens (tertiary/aromatic N) is 1. The van der Waals surface area contributed by atoms with Gasteiger partial charge >= 0.3 is 0 Å². The van der Waals surface area contributed by atoms with Crippen LogP contribution in [0, 0.1) is 0 Å². The van der Waals surface area contributed by atoms with Crippen molar-refractivity contribution < 1.29 is 4.79 Å². The maximum Gasteiger partial charge on any atom is 0.240 e. The molecule has 1 aliphatic heterocycles. The first-order valence-electron chi connectivity index (χ1n) is 5.04. The fraction of sp³-hybridized carbons (Fsp3) is 0.364. The molecule has 1 fully saturated rings. The summed E-state index contributed by atoms with van der Waals surface area (Å²) in [6.45, 7) is 2.14. The van der Waals surface area contributed by atoms with Gasteiger partial charge in [-0.15, -0.1) is 0 Å². The number of benzene rings is 1. The second kappa shape index (κ2) is 4.77. The highest BCUT2D eigenvalue weighted by Crippen LogP contribution is 2.20. The van der Waals surface area contributed by atoms with Crippen molar-refractivity contribution in [3.8, 4) is 0 Å². The highest BCUT2D eigenvalue weighted by molar-refractivity contribution is 9.10. The largest absolute Gasteiger partial charge is 0.311 e. The predicted octanol–water partition coefficient (Wildman–Crippen LogP) is 1.78. The van der Waals surface area contributed by atoms with Crippen LogP contribution in [0.4, 0.5) is 5.69 Å². The first kappa shape index (κ1) is 10.6. The molecule has 1 N–H and O–H groups in total. The summed E-state index contributed by atoms with van der Waals surface area (Å²) in [6, 6.07) is 7.85. The predicted molar refractivity (Wildman–Crippen MR) is 64.0 cm³/mol. The Hall–Kier alpha value is -0.870. The number of nitrogens with one attached hydrogen (secondary N) is 1. The monoisotopic (exact) mass is 268 g/mol. The third-order valence-electron chi connectivity index (χ3n) is 2.43. The van der Waals surface area contributed by atoms with E-state index in [0.717, 1.165) is 29.7 Å². The Bertz CT molecular complexity index is 367. The van der Waals surface area contributed by atoms with Crippen molar-refractivity contribution in [3.05, 3.63) is 28.7 Å². The van der Waals surface area contributed by atoms with E-state index < -0.39 is 0 Å². The van der Waals surface area contributed by atoms with Crippen LogP contribution in [-0.4, -0.2) is 25.5 Å². The van der Waals surface area contributed by atoms with E-state index in [-0.39, 0.29) is 5.91 Å². The van der Waals surface area contributed by atoms with Gasteiger partial charge in [0.05, 0.1) is 6.54 Å². The smallest absolute Gasteiger partial charge is 0.240 e. The molecule has 1 aromatic rings. The first-order valence-corrected chi connectivity index (χ1v) is 5.83. The number of rotatable bonds is 1. The van der Waals surface area contributed by atoms with Gasteiger partial charge < -0.3 is 10.2 Å². The van der Waals surface area contributed by atoms with E-state index in [2.05, 4.69) is 21.2 Å². The SMILES string of the molecule is O=C1CNCCCN1c1cccc(Br)c1. The van der Waals surface area contributed by atoms with Crippen LogP contribution in [0.15, 0.2) is 28.7 Å². The van der Waals surface area contributed by atoms with E-state index in [0.29, 0.717) is 6.54 Å². The van der Waals surface area contributed by atoms with Crippen molar-refractivity contribution in [2.45, 2.75) is 6.42 Å². The fourth-order valence-corrected chi connectivity index (χ4v) is 2.08. The molecular weight excluding hydrogens is 256 g/mol. The summed E-state index contributed by atoms with van der Waals surface area (Å²) in [6.07, 6.45) is 0.998. The van der Waals surface area contributed by atoms with Crippen LogP contribution in [0.25, 0.3) is 0 Å². The second-order valence-electron chi connectivity index (χ2n) is 3.56. The summed E-state index contributed by atoms with van der Waals surface area (Å²) >= 11 is 3.41. The summed E-state index contributed by atoms with van der Waals surface area (Å²) < 4.78 is 1.00. The number of carbonyl (C=O) groups is 1. The molecule has 0 radical (unpaired) electrons. The number of hydrogen-bond donors (Lipinski definition) is 1. The molecule has 0 aromatic heterocycles. The van der Waals surface area contributed by atoms with E-state index >= 15 is 0 Å². The zero-order valence-electron chi connectivity index (χ0n) is 8.37. The Morgan fingerprint density at radius 1 is 1.40 bits per heavy atom. The van der Waals surface area contributed by atoms with Crippen molar-refractivity contribution >= 4 is 27.5 Å². The third kappa shape index (κ3) is 2.58. The van der Waals surface area contributed by atoms with Crippen molar-refractivity contribution in [1.82, 2.24) is 5.32 Å². The molecule has 0 unspecified atom stereocenters. The quantitative estimate of drug-likeness (QED) is 0.842. The first-order chi connectivity index (χ1) is 7.27. The minimum Gasteiger partial charge on any atom is -0.311 e. The maximum absolute atomic E-state index is 11.8. The van der Waals surface area contributed by atoms with Crippen LogP contribution in [0.5, 0.6) is 0 Å². The number of carbonyl (C=O) groups excluding carboxylic acids is 1. The molecular formula is C11H13BrN2O. The van der Waals surface area contributed by atoms with Crippen molar-refractivity contribution in [1.29, 1.82) is 0 Å². The summed E-state index contributed by atoms with van der Waals surface area (Å²) in [5, 5.41) is 3.11. The number of anilines is 1. The molecule has 2 rings (SSSR count). The van der Waals surface area contributed by atoms with Crippen LogP contribution in [0.2, 0.25) is 0 Å². The van der Waals surface area contributed by atoms with Gasteiger partial charge in [0.1, 0.15) is 0 Å². The second-order valence-corrected chi connectivity index (χ2v) is 4.47. The van der Waals surface area contributed by atoms with Gasteiger partial charge in [0.25, 0.3) is 0 Å². The van der Waals surface area contributed by atoms with E-state index in [1.807, 2.05) is 29.2 Å². The van der Waals surface area contributed by atoms with E-state index in [9.17, 15) is 4.79 Å². The molecule has 1 aromatic carbocycles. The number of amides is 1. The van der Waals surface area contributed by atoms with Crippen molar-refractivity contribution in [2.75, 3.05) is 24.5 Å². The normalized spacial score (nSPS) is 17.7. The Kier molecular flexibility index (Phi) is 3.38.